The summed E-state index contributed by atoms with van der Waals surface area (Å²) in [6.45, 7) is 5.93. The highest BCUT2D eigenvalue weighted by molar-refractivity contribution is 5.44. The van der Waals surface area contributed by atoms with Crippen molar-refractivity contribution in [2.45, 2.75) is 33.3 Å². The molecule has 2 nitrogen and oxygen atoms in total. The van der Waals surface area contributed by atoms with E-state index >= 15 is 0 Å². The molecule has 0 aromatic heterocycles. The highest BCUT2D eigenvalue weighted by atomic mass is 16.5. The lowest BCUT2D eigenvalue weighted by Crippen LogP contribution is -2.08. The second kappa shape index (κ2) is 4.47. The summed E-state index contributed by atoms with van der Waals surface area (Å²) in [5.74, 6) is 0.869. The Kier molecular flexibility index (Phi) is 3.53. The molecule has 0 heterocycles. The molecule has 1 N–H and O–H groups in total. The molecule has 0 aliphatic rings. The Labute approximate surface area is 85.5 Å². The normalized spacial score (nSPS) is 12.6. The van der Waals surface area contributed by atoms with Crippen molar-refractivity contribution in [3.8, 4) is 5.75 Å². The molecule has 1 atom stereocenters. The summed E-state index contributed by atoms with van der Waals surface area (Å²) in [6.07, 6.45) is 0.320. The van der Waals surface area contributed by atoms with E-state index in [0.717, 1.165) is 11.3 Å². The molecule has 0 aliphatic heterocycles. The first-order valence-electron chi connectivity index (χ1n) is 4.87. The van der Waals surface area contributed by atoms with Crippen molar-refractivity contribution in [2.75, 3.05) is 7.11 Å². The number of ether oxygens (including phenoxy) is 1. The highest BCUT2D eigenvalue weighted by Crippen LogP contribution is 2.25. The molecule has 0 saturated heterocycles. The van der Waals surface area contributed by atoms with Gasteiger partial charge in [0.2, 0.25) is 0 Å². The zero-order valence-electron chi connectivity index (χ0n) is 9.29. The third-order valence-electron chi connectivity index (χ3n) is 2.55. The van der Waals surface area contributed by atoms with Crippen molar-refractivity contribution >= 4 is 0 Å². The second-order valence-electron chi connectivity index (χ2n) is 3.74. The van der Waals surface area contributed by atoms with Gasteiger partial charge in [-0.2, -0.15) is 0 Å². The molecular formula is C12H18O2. The molecule has 2 heteroatoms. The molecule has 0 aliphatic carbocycles. The number of aliphatic hydroxyl groups excluding tert-OH is 1. The Morgan fingerprint density at radius 3 is 2.50 bits per heavy atom. The van der Waals surface area contributed by atoms with Crippen LogP contribution in [0.15, 0.2) is 12.1 Å². The van der Waals surface area contributed by atoms with Crippen molar-refractivity contribution in [2.24, 2.45) is 0 Å². The summed E-state index contributed by atoms with van der Waals surface area (Å²) in [5, 5.41) is 9.39. The maximum Gasteiger partial charge on any atom is 0.122 e. The molecule has 14 heavy (non-hydrogen) atoms. The molecule has 1 unspecified atom stereocenters. The van der Waals surface area contributed by atoms with Crippen molar-refractivity contribution in [3.63, 3.8) is 0 Å². The average Bonchev–Trinajstić information content (AvgIpc) is 2.13. The third kappa shape index (κ3) is 2.26. The van der Waals surface area contributed by atoms with Crippen LogP contribution in [0.1, 0.15) is 23.6 Å². The summed E-state index contributed by atoms with van der Waals surface area (Å²) < 4.78 is 5.27. The van der Waals surface area contributed by atoms with E-state index in [4.69, 9.17) is 4.74 Å². The highest BCUT2D eigenvalue weighted by Gasteiger charge is 2.10. The summed E-state index contributed by atoms with van der Waals surface area (Å²) in [5.41, 5.74) is 3.56. The van der Waals surface area contributed by atoms with Crippen molar-refractivity contribution in [3.05, 3.63) is 28.8 Å². The standard InChI is InChI=1S/C12H18O2/c1-8-5-6-12(14-4)11(10(8)3)7-9(2)13/h5-6,9,13H,7H2,1-4H3. The van der Waals surface area contributed by atoms with E-state index in [1.54, 1.807) is 14.0 Å². The first kappa shape index (κ1) is 11.1. The number of methoxy groups -OCH3 is 1. The first-order chi connectivity index (χ1) is 6.56. The van der Waals surface area contributed by atoms with Gasteiger partial charge in [-0.3, -0.25) is 0 Å². The SMILES string of the molecule is COc1ccc(C)c(C)c1CC(C)O. The molecule has 0 fully saturated rings. The molecule has 0 bridgehead atoms. The maximum absolute atomic E-state index is 9.39. The smallest absolute Gasteiger partial charge is 0.122 e. The Balaban J connectivity index is 3.14. The molecule has 0 spiro atoms. The fourth-order valence-corrected chi connectivity index (χ4v) is 1.59. The Bertz CT molecular complexity index is 316. The zero-order valence-corrected chi connectivity index (χ0v) is 9.29. The van der Waals surface area contributed by atoms with Crippen LogP contribution in [0.4, 0.5) is 0 Å². The van der Waals surface area contributed by atoms with Crippen LogP contribution in [0.2, 0.25) is 0 Å². The van der Waals surface area contributed by atoms with E-state index < -0.39 is 0 Å². The number of hydrogen-bond donors (Lipinski definition) is 1. The molecule has 1 aromatic rings. The first-order valence-corrected chi connectivity index (χ1v) is 4.87. The average molecular weight is 194 g/mol. The Morgan fingerprint density at radius 1 is 1.36 bits per heavy atom. The lowest BCUT2D eigenvalue weighted by molar-refractivity contribution is 0.194. The third-order valence-corrected chi connectivity index (χ3v) is 2.55. The van der Waals surface area contributed by atoms with Gasteiger partial charge in [0.15, 0.2) is 0 Å². The van der Waals surface area contributed by atoms with Crippen LogP contribution in [0.3, 0.4) is 0 Å². The zero-order chi connectivity index (χ0) is 10.7. The van der Waals surface area contributed by atoms with Gasteiger partial charge in [0.1, 0.15) is 5.75 Å². The van der Waals surface area contributed by atoms with Gasteiger partial charge in [-0.1, -0.05) is 6.07 Å². The monoisotopic (exact) mass is 194 g/mol. The van der Waals surface area contributed by atoms with Crippen LogP contribution < -0.4 is 4.74 Å². The van der Waals surface area contributed by atoms with Gasteiger partial charge < -0.3 is 9.84 Å². The van der Waals surface area contributed by atoms with Gasteiger partial charge >= 0.3 is 0 Å². The van der Waals surface area contributed by atoms with Gasteiger partial charge in [0.05, 0.1) is 13.2 Å². The van der Waals surface area contributed by atoms with Gasteiger partial charge in [-0.25, -0.2) is 0 Å². The van der Waals surface area contributed by atoms with Crippen molar-refractivity contribution in [1.82, 2.24) is 0 Å². The van der Waals surface area contributed by atoms with Crippen LogP contribution in [0.5, 0.6) is 5.75 Å². The van der Waals surface area contributed by atoms with Crippen LogP contribution in [0, 0.1) is 13.8 Å². The number of rotatable bonds is 3. The Hall–Kier alpha value is -1.02. The fourth-order valence-electron chi connectivity index (χ4n) is 1.59. The Morgan fingerprint density at radius 2 is 2.00 bits per heavy atom. The molecule has 78 valence electrons. The van der Waals surface area contributed by atoms with Crippen LogP contribution in [0.25, 0.3) is 0 Å². The second-order valence-corrected chi connectivity index (χ2v) is 3.74. The van der Waals surface area contributed by atoms with Crippen LogP contribution in [-0.2, 0) is 6.42 Å². The lowest BCUT2D eigenvalue weighted by Gasteiger charge is -2.14. The summed E-state index contributed by atoms with van der Waals surface area (Å²) >= 11 is 0. The van der Waals surface area contributed by atoms with Gasteiger partial charge in [0, 0.05) is 6.42 Å². The fraction of sp³-hybridized carbons (Fsp3) is 0.500. The topological polar surface area (TPSA) is 29.5 Å². The van der Waals surface area contributed by atoms with Gasteiger partial charge in [-0.05, 0) is 43.5 Å². The van der Waals surface area contributed by atoms with Crippen molar-refractivity contribution < 1.29 is 9.84 Å². The van der Waals surface area contributed by atoms with Crippen LogP contribution >= 0.6 is 0 Å². The van der Waals surface area contributed by atoms with Crippen LogP contribution in [-0.4, -0.2) is 18.3 Å². The number of benzene rings is 1. The number of aryl methyl sites for hydroxylation is 1. The molecule has 0 amide bonds. The maximum atomic E-state index is 9.39. The minimum Gasteiger partial charge on any atom is -0.496 e. The van der Waals surface area contributed by atoms with Gasteiger partial charge in [0.25, 0.3) is 0 Å². The van der Waals surface area contributed by atoms with Gasteiger partial charge in [-0.15, -0.1) is 0 Å². The van der Waals surface area contributed by atoms with E-state index in [0.29, 0.717) is 6.42 Å². The van der Waals surface area contributed by atoms with E-state index in [2.05, 4.69) is 13.8 Å². The van der Waals surface area contributed by atoms with Crippen molar-refractivity contribution in [1.29, 1.82) is 0 Å². The number of aliphatic hydroxyl groups is 1. The minimum atomic E-state index is -0.329. The van der Waals surface area contributed by atoms with E-state index in [9.17, 15) is 5.11 Å². The predicted octanol–water partition coefficient (Wildman–Crippen LogP) is 2.24. The quantitative estimate of drug-likeness (QED) is 0.799. The number of hydrogen-bond acceptors (Lipinski definition) is 2. The molecule has 0 saturated carbocycles. The molecular weight excluding hydrogens is 176 g/mol. The van der Waals surface area contributed by atoms with E-state index in [1.807, 2.05) is 12.1 Å². The largest absolute Gasteiger partial charge is 0.496 e. The molecule has 1 rings (SSSR count). The van der Waals surface area contributed by atoms with E-state index in [1.165, 1.54) is 11.1 Å². The van der Waals surface area contributed by atoms with E-state index in [-0.39, 0.29) is 6.10 Å². The lowest BCUT2D eigenvalue weighted by atomic mass is 9.98. The predicted molar refractivity (Wildman–Crippen MR) is 57.9 cm³/mol. The summed E-state index contributed by atoms with van der Waals surface area (Å²) in [6, 6.07) is 4.00. The molecule has 0 radical (unpaired) electrons. The summed E-state index contributed by atoms with van der Waals surface area (Å²) in [7, 11) is 1.66. The summed E-state index contributed by atoms with van der Waals surface area (Å²) in [4.78, 5) is 0. The minimum absolute atomic E-state index is 0.329. The molecule has 1 aromatic carbocycles.